The van der Waals surface area contributed by atoms with Crippen molar-refractivity contribution in [1.82, 2.24) is 0 Å². The Kier molecular flexibility index (Phi) is 6.59. The van der Waals surface area contributed by atoms with Crippen LogP contribution in [-0.4, -0.2) is 38.3 Å². The number of ketones is 1. The van der Waals surface area contributed by atoms with E-state index in [0.29, 0.717) is 17.2 Å². The molecule has 33 heavy (non-hydrogen) atoms. The Morgan fingerprint density at radius 2 is 1.48 bits per heavy atom. The fraction of sp³-hybridized carbons (Fsp3) is 0.154. The predicted octanol–water partition coefficient (Wildman–Crippen LogP) is 4.08. The third kappa shape index (κ3) is 4.52. The average molecular weight is 441 g/mol. The molecule has 1 aliphatic heterocycles. The Morgan fingerprint density at radius 1 is 0.818 bits per heavy atom. The standard InChI is InChI=1S/C26H23N3O4/c1-32-22-14-13-18(15-23(22)33-2)16-27-28-17-21-25(30)24(19-9-5-3-6-10-19)29(26(21)31)20-11-7-4-8-12-20/h3-17,21,24H,1-2H3. The second-order valence-corrected chi connectivity index (χ2v) is 7.36. The molecule has 3 aromatic carbocycles. The largest absolute Gasteiger partial charge is 0.493 e. The van der Waals surface area contributed by atoms with Crippen molar-refractivity contribution in [2.24, 2.45) is 16.1 Å². The van der Waals surface area contributed by atoms with Gasteiger partial charge >= 0.3 is 0 Å². The molecule has 2 unspecified atom stereocenters. The lowest BCUT2D eigenvalue weighted by Gasteiger charge is -2.23. The quantitative estimate of drug-likeness (QED) is 0.314. The number of nitrogens with zero attached hydrogens (tertiary/aromatic N) is 3. The van der Waals surface area contributed by atoms with Crippen LogP contribution in [0.1, 0.15) is 17.2 Å². The number of methoxy groups -OCH3 is 2. The smallest absolute Gasteiger partial charge is 0.244 e. The molecule has 0 spiro atoms. The van der Waals surface area contributed by atoms with Gasteiger partial charge in [-0.25, -0.2) is 0 Å². The van der Waals surface area contributed by atoms with Crippen molar-refractivity contribution in [2.75, 3.05) is 19.1 Å². The highest BCUT2D eigenvalue weighted by Gasteiger charge is 2.47. The van der Waals surface area contributed by atoms with Crippen molar-refractivity contribution in [1.29, 1.82) is 0 Å². The Hall–Kier alpha value is -4.26. The van der Waals surface area contributed by atoms with Gasteiger partial charge in [-0.2, -0.15) is 10.2 Å². The summed E-state index contributed by atoms with van der Waals surface area (Å²) in [7, 11) is 3.11. The summed E-state index contributed by atoms with van der Waals surface area (Å²) in [6.45, 7) is 0. The maximum atomic E-state index is 13.3. The van der Waals surface area contributed by atoms with E-state index in [1.165, 1.54) is 17.3 Å². The highest BCUT2D eigenvalue weighted by atomic mass is 16.5. The molecule has 0 saturated carbocycles. The van der Waals surface area contributed by atoms with Crippen LogP contribution in [0.5, 0.6) is 11.5 Å². The lowest BCUT2D eigenvalue weighted by molar-refractivity contribution is -0.124. The van der Waals surface area contributed by atoms with Gasteiger partial charge in [0.25, 0.3) is 0 Å². The number of ether oxygens (including phenoxy) is 2. The minimum Gasteiger partial charge on any atom is -0.493 e. The fourth-order valence-electron chi connectivity index (χ4n) is 3.79. The Morgan fingerprint density at radius 3 is 2.15 bits per heavy atom. The van der Waals surface area contributed by atoms with Crippen LogP contribution in [0.25, 0.3) is 0 Å². The Bertz CT molecular complexity index is 1140. The van der Waals surface area contributed by atoms with Crippen LogP contribution >= 0.6 is 0 Å². The fourth-order valence-corrected chi connectivity index (χ4v) is 3.79. The second-order valence-electron chi connectivity index (χ2n) is 7.36. The van der Waals surface area contributed by atoms with Crippen molar-refractivity contribution in [3.8, 4) is 11.5 Å². The van der Waals surface area contributed by atoms with Crippen LogP contribution in [-0.2, 0) is 9.59 Å². The molecule has 0 aromatic heterocycles. The number of hydrogen-bond donors (Lipinski definition) is 0. The molecule has 0 radical (unpaired) electrons. The van der Waals surface area contributed by atoms with Gasteiger partial charge < -0.3 is 9.47 Å². The van der Waals surface area contributed by atoms with Crippen LogP contribution in [0.3, 0.4) is 0 Å². The molecule has 2 atom stereocenters. The Balaban J connectivity index is 1.59. The number of carbonyl (C=O) groups is 2. The first-order valence-electron chi connectivity index (χ1n) is 10.4. The molecular formula is C26H23N3O4. The van der Waals surface area contributed by atoms with E-state index in [4.69, 9.17) is 9.47 Å². The SMILES string of the molecule is COc1ccc(C=NN=CC2C(=O)C(c3ccccc3)N(c3ccccc3)C2=O)cc1OC. The minimum atomic E-state index is -1.02. The van der Waals surface area contributed by atoms with Crippen LogP contribution in [0, 0.1) is 5.92 Å². The summed E-state index contributed by atoms with van der Waals surface area (Å²) in [4.78, 5) is 28.1. The van der Waals surface area contributed by atoms with Gasteiger partial charge in [0.2, 0.25) is 5.91 Å². The summed E-state index contributed by atoms with van der Waals surface area (Å²) in [5, 5.41) is 8.03. The van der Waals surface area contributed by atoms with Crippen LogP contribution in [0.2, 0.25) is 0 Å². The number of para-hydroxylation sites is 1. The summed E-state index contributed by atoms with van der Waals surface area (Å²) in [6.07, 6.45) is 2.83. The summed E-state index contributed by atoms with van der Waals surface area (Å²) in [6, 6.07) is 23.0. The Labute approximate surface area is 192 Å². The zero-order valence-electron chi connectivity index (χ0n) is 18.3. The molecule has 1 amide bonds. The maximum Gasteiger partial charge on any atom is 0.244 e. The van der Waals surface area contributed by atoms with Gasteiger partial charge in [-0.1, -0.05) is 48.5 Å². The zero-order chi connectivity index (χ0) is 23.2. The zero-order valence-corrected chi connectivity index (χ0v) is 18.3. The molecule has 166 valence electrons. The summed E-state index contributed by atoms with van der Waals surface area (Å²) >= 11 is 0. The van der Waals surface area contributed by atoms with Gasteiger partial charge in [0.1, 0.15) is 12.0 Å². The highest BCUT2D eigenvalue weighted by molar-refractivity contribution is 6.27. The van der Waals surface area contributed by atoms with Crippen molar-refractivity contribution >= 4 is 29.8 Å². The van der Waals surface area contributed by atoms with E-state index >= 15 is 0 Å². The lowest BCUT2D eigenvalue weighted by atomic mass is 9.98. The van der Waals surface area contributed by atoms with Crippen molar-refractivity contribution in [3.63, 3.8) is 0 Å². The van der Waals surface area contributed by atoms with E-state index in [1.807, 2.05) is 60.7 Å². The van der Waals surface area contributed by atoms with Crippen LogP contribution in [0.15, 0.2) is 89.1 Å². The number of amides is 1. The molecule has 1 fully saturated rings. The maximum absolute atomic E-state index is 13.3. The van der Waals surface area contributed by atoms with Crippen molar-refractivity contribution in [3.05, 3.63) is 90.0 Å². The van der Waals surface area contributed by atoms with E-state index in [2.05, 4.69) is 10.2 Å². The number of benzene rings is 3. The molecule has 1 aliphatic rings. The normalized spacial score (nSPS) is 18.4. The molecule has 0 aliphatic carbocycles. The summed E-state index contributed by atoms with van der Waals surface area (Å²) in [5.41, 5.74) is 2.15. The van der Waals surface area contributed by atoms with E-state index < -0.39 is 12.0 Å². The molecule has 0 bridgehead atoms. The van der Waals surface area contributed by atoms with Gasteiger partial charge in [-0.3, -0.25) is 14.5 Å². The van der Waals surface area contributed by atoms with Crippen molar-refractivity contribution in [2.45, 2.75) is 6.04 Å². The van der Waals surface area contributed by atoms with E-state index in [0.717, 1.165) is 11.1 Å². The third-order valence-corrected chi connectivity index (χ3v) is 5.38. The number of anilines is 1. The molecule has 7 nitrogen and oxygen atoms in total. The number of hydrogen-bond acceptors (Lipinski definition) is 6. The van der Waals surface area contributed by atoms with Crippen molar-refractivity contribution < 1.29 is 19.1 Å². The first-order valence-corrected chi connectivity index (χ1v) is 10.4. The van der Waals surface area contributed by atoms with E-state index in [-0.39, 0.29) is 11.7 Å². The summed E-state index contributed by atoms with van der Waals surface area (Å²) < 4.78 is 10.5. The summed E-state index contributed by atoms with van der Waals surface area (Å²) in [5.74, 6) is -0.410. The van der Waals surface area contributed by atoms with Crippen LogP contribution < -0.4 is 14.4 Å². The van der Waals surface area contributed by atoms with E-state index in [9.17, 15) is 9.59 Å². The topological polar surface area (TPSA) is 80.6 Å². The number of carbonyl (C=O) groups excluding carboxylic acids is 2. The number of rotatable bonds is 7. The predicted molar refractivity (Wildman–Crippen MR) is 127 cm³/mol. The molecular weight excluding hydrogens is 418 g/mol. The second kappa shape index (κ2) is 9.91. The average Bonchev–Trinajstić information content (AvgIpc) is 3.12. The highest BCUT2D eigenvalue weighted by Crippen LogP contribution is 2.36. The van der Waals surface area contributed by atoms with Gasteiger partial charge in [-0.05, 0) is 41.5 Å². The molecule has 7 heteroatoms. The molecule has 3 aromatic rings. The molecule has 0 N–H and O–H groups in total. The lowest BCUT2D eigenvalue weighted by Crippen LogP contribution is -2.29. The van der Waals surface area contributed by atoms with Gasteiger partial charge in [0, 0.05) is 11.9 Å². The van der Waals surface area contributed by atoms with Gasteiger partial charge in [-0.15, -0.1) is 0 Å². The minimum absolute atomic E-state index is 0.236. The molecule has 1 saturated heterocycles. The third-order valence-electron chi connectivity index (χ3n) is 5.38. The first kappa shape index (κ1) is 22.0. The van der Waals surface area contributed by atoms with E-state index in [1.54, 1.807) is 32.4 Å². The van der Waals surface area contributed by atoms with Gasteiger partial charge in [0.15, 0.2) is 17.3 Å². The first-order chi connectivity index (χ1) is 16.1. The van der Waals surface area contributed by atoms with Crippen LogP contribution in [0.4, 0.5) is 5.69 Å². The monoisotopic (exact) mass is 441 g/mol. The number of Topliss-reactive ketones (excluding diaryl/α,β-unsaturated/α-hetero) is 1. The molecule has 1 heterocycles. The van der Waals surface area contributed by atoms with Gasteiger partial charge in [0.05, 0.1) is 20.4 Å². The molecule has 4 rings (SSSR count).